The number of aryl methyl sites for hydroxylation is 1. The molecule has 0 fully saturated rings. The van der Waals surface area contributed by atoms with Crippen LogP contribution >= 0.6 is 12.6 Å². The number of amides is 1. The molecule has 0 aliphatic rings. The third kappa shape index (κ3) is 3.25. The van der Waals surface area contributed by atoms with Crippen LogP contribution in [0.2, 0.25) is 0 Å². The Balaban J connectivity index is 3.05. The first-order chi connectivity index (χ1) is 8.01. The normalized spacial score (nSPS) is 12.3. The maximum absolute atomic E-state index is 12.4. The van der Waals surface area contributed by atoms with Crippen molar-refractivity contribution in [2.75, 3.05) is 6.54 Å². The summed E-state index contributed by atoms with van der Waals surface area (Å²) >= 11 is 4.30. The van der Waals surface area contributed by atoms with Gasteiger partial charge in [0.05, 0.1) is 0 Å². The molecule has 1 aromatic carbocycles. The van der Waals surface area contributed by atoms with Crippen LogP contribution in [0, 0.1) is 6.92 Å². The van der Waals surface area contributed by atoms with Crippen LogP contribution in [-0.2, 0) is 0 Å². The zero-order valence-corrected chi connectivity index (χ0v) is 11.9. The Labute approximate surface area is 109 Å². The van der Waals surface area contributed by atoms with E-state index in [9.17, 15) is 4.79 Å². The van der Waals surface area contributed by atoms with Crippen LogP contribution in [0.25, 0.3) is 0 Å². The smallest absolute Gasteiger partial charge is 0.254 e. The van der Waals surface area contributed by atoms with Crippen molar-refractivity contribution in [3.05, 3.63) is 29.3 Å². The Morgan fingerprint density at radius 1 is 1.41 bits per heavy atom. The highest BCUT2D eigenvalue weighted by Gasteiger charge is 2.20. The van der Waals surface area contributed by atoms with Crippen molar-refractivity contribution in [2.24, 2.45) is 0 Å². The third-order valence-electron chi connectivity index (χ3n) is 3.18. The van der Waals surface area contributed by atoms with Crippen LogP contribution in [0.5, 0.6) is 0 Å². The lowest BCUT2D eigenvalue weighted by molar-refractivity contribution is 0.0699. The first kappa shape index (κ1) is 14.1. The zero-order chi connectivity index (χ0) is 13.0. The number of hydrogen-bond acceptors (Lipinski definition) is 2. The van der Waals surface area contributed by atoms with E-state index in [1.807, 2.05) is 36.9 Å². The van der Waals surface area contributed by atoms with Crippen molar-refractivity contribution in [1.82, 2.24) is 4.90 Å². The largest absolute Gasteiger partial charge is 0.336 e. The molecule has 0 aliphatic heterocycles. The molecule has 1 rings (SSSR count). The molecule has 2 nitrogen and oxygen atoms in total. The van der Waals surface area contributed by atoms with Crippen molar-refractivity contribution in [3.63, 3.8) is 0 Å². The van der Waals surface area contributed by atoms with Crippen molar-refractivity contribution in [3.8, 4) is 0 Å². The van der Waals surface area contributed by atoms with Crippen LogP contribution in [0.1, 0.15) is 43.1 Å². The molecule has 0 spiro atoms. The van der Waals surface area contributed by atoms with E-state index in [0.29, 0.717) is 0 Å². The number of carbonyl (C=O) groups is 1. The monoisotopic (exact) mass is 251 g/mol. The Bertz CT molecular complexity index is 403. The van der Waals surface area contributed by atoms with E-state index in [1.165, 1.54) is 0 Å². The molecule has 17 heavy (non-hydrogen) atoms. The highest BCUT2D eigenvalue weighted by molar-refractivity contribution is 7.80. The fraction of sp³-hybridized carbons (Fsp3) is 0.500. The number of rotatable bonds is 4. The summed E-state index contributed by atoms with van der Waals surface area (Å²) in [5.74, 6) is 0.107. The average Bonchev–Trinajstić information content (AvgIpc) is 2.32. The molecule has 0 radical (unpaired) electrons. The molecule has 0 aliphatic carbocycles. The van der Waals surface area contributed by atoms with E-state index in [-0.39, 0.29) is 11.9 Å². The second-order valence-electron chi connectivity index (χ2n) is 4.35. The molecule has 1 unspecified atom stereocenters. The minimum Gasteiger partial charge on any atom is -0.336 e. The quantitative estimate of drug-likeness (QED) is 0.812. The highest BCUT2D eigenvalue weighted by Crippen LogP contribution is 2.18. The molecule has 0 aromatic heterocycles. The van der Waals surface area contributed by atoms with E-state index < -0.39 is 0 Å². The molecule has 0 N–H and O–H groups in total. The van der Waals surface area contributed by atoms with Gasteiger partial charge in [-0.05, 0) is 44.9 Å². The van der Waals surface area contributed by atoms with Crippen molar-refractivity contribution in [1.29, 1.82) is 0 Å². The molecule has 94 valence electrons. The van der Waals surface area contributed by atoms with Crippen molar-refractivity contribution < 1.29 is 4.79 Å². The van der Waals surface area contributed by atoms with Crippen molar-refractivity contribution in [2.45, 2.75) is 45.1 Å². The minimum absolute atomic E-state index is 0.107. The van der Waals surface area contributed by atoms with E-state index in [1.54, 1.807) is 0 Å². The lowest BCUT2D eigenvalue weighted by Gasteiger charge is -2.28. The lowest BCUT2D eigenvalue weighted by atomic mass is 10.1. The number of benzene rings is 1. The molecule has 1 amide bonds. The molecule has 3 heteroatoms. The third-order valence-corrected chi connectivity index (χ3v) is 3.45. The maximum Gasteiger partial charge on any atom is 0.254 e. The van der Waals surface area contributed by atoms with Gasteiger partial charge in [0.15, 0.2) is 0 Å². The standard InChI is InChI=1S/C14H21NOS/c1-5-11(4)15(6-2)14(16)13-9-12(17)8-7-10(13)3/h7-9,11,17H,5-6H2,1-4H3. The van der Waals surface area contributed by atoms with Crippen LogP contribution in [-0.4, -0.2) is 23.4 Å². The van der Waals surface area contributed by atoms with Crippen molar-refractivity contribution >= 4 is 18.5 Å². The van der Waals surface area contributed by atoms with Gasteiger partial charge in [0.25, 0.3) is 5.91 Å². The van der Waals surface area contributed by atoms with Gasteiger partial charge in [0.2, 0.25) is 0 Å². The van der Waals surface area contributed by atoms with Gasteiger partial charge in [-0.3, -0.25) is 4.79 Å². The molecule has 1 atom stereocenters. The first-order valence-electron chi connectivity index (χ1n) is 6.11. The summed E-state index contributed by atoms with van der Waals surface area (Å²) in [5, 5.41) is 0. The SMILES string of the molecule is CCC(C)N(CC)C(=O)c1cc(S)ccc1C. The molecule has 1 aromatic rings. The second-order valence-corrected chi connectivity index (χ2v) is 4.86. The minimum atomic E-state index is 0.107. The van der Waals surface area contributed by atoms with Gasteiger partial charge in [-0.1, -0.05) is 13.0 Å². The van der Waals surface area contributed by atoms with Gasteiger partial charge in [0.1, 0.15) is 0 Å². The first-order valence-corrected chi connectivity index (χ1v) is 6.56. The fourth-order valence-electron chi connectivity index (χ4n) is 1.87. The summed E-state index contributed by atoms with van der Waals surface area (Å²) in [6, 6.07) is 5.98. The Hall–Kier alpha value is -0.960. The molecule has 0 saturated heterocycles. The molecular formula is C14H21NOS. The fourth-order valence-corrected chi connectivity index (χ4v) is 2.07. The lowest BCUT2D eigenvalue weighted by Crippen LogP contribution is -2.38. The topological polar surface area (TPSA) is 20.3 Å². The predicted octanol–water partition coefficient (Wildman–Crippen LogP) is 3.54. The van der Waals surface area contributed by atoms with Gasteiger partial charge in [-0.25, -0.2) is 0 Å². The summed E-state index contributed by atoms with van der Waals surface area (Å²) in [7, 11) is 0. The second kappa shape index (κ2) is 6.10. The van der Waals surface area contributed by atoms with Gasteiger partial charge in [-0.2, -0.15) is 0 Å². The Kier molecular flexibility index (Phi) is 5.06. The van der Waals surface area contributed by atoms with Gasteiger partial charge >= 0.3 is 0 Å². The number of nitrogens with zero attached hydrogens (tertiary/aromatic N) is 1. The molecule has 0 bridgehead atoms. The number of thiol groups is 1. The van der Waals surface area contributed by atoms with E-state index in [0.717, 1.165) is 29.0 Å². The van der Waals surface area contributed by atoms with Crippen LogP contribution < -0.4 is 0 Å². The Morgan fingerprint density at radius 2 is 2.06 bits per heavy atom. The number of carbonyl (C=O) groups excluding carboxylic acids is 1. The summed E-state index contributed by atoms with van der Waals surface area (Å²) in [6.07, 6.45) is 0.971. The zero-order valence-electron chi connectivity index (χ0n) is 11.0. The number of hydrogen-bond donors (Lipinski definition) is 1. The summed E-state index contributed by atoms with van der Waals surface area (Å²) in [6.45, 7) is 8.91. The summed E-state index contributed by atoms with van der Waals surface area (Å²) < 4.78 is 0. The molecule has 0 saturated carbocycles. The van der Waals surface area contributed by atoms with Gasteiger partial charge < -0.3 is 4.90 Å². The maximum atomic E-state index is 12.4. The van der Waals surface area contributed by atoms with Crippen LogP contribution in [0.4, 0.5) is 0 Å². The highest BCUT2D eigenvalue weighted by atomic mass is 32.1. The summed E-state index contributed by atoms with van der Waals surface area (Å²) in [5.41, 5.74) is 1.77. The van der Waals surface area contributed by atoms with E-state index >= 15 is 0 Å². The van der Waals surface area contributed by atoms with Gasteiger partial charge in [-0.15, -0.1) is 12.6 Å². The van der Waals surface area contributed by atoms with E-state index in [4.69, 9.17) is 0 Å². The van der Waals surface area contributed by atoms with Crippen LogP contribution in [0.15, 0.2) is 23.1 Å². The van der Waals surface area contributed by atoms with Crippen LogP contribution in [0.3, 0.4) is 0 Å². The van der Waals surface area contributed by atoms with E-state index in [2.05, 4.69) is 26.5 Å². The molecular weight excluding hydrogens is 230 g/mol. The molecule has 0 heterocycles. The van der Waals surface area contributed by atoms with Gasteiger partial charge in [0, 0.05) is 23.0 Å². The predicted molar refractivity (Wildman–Crippen MR) is 74.9 cm³/mol. The Morgan fingerprint density at radius 3 is 2.59 bits per heavy atom. The summed E-state index contributed by atoms with van der Waals surface area (Å²) in [4.78, 5) is 15.2. The average molecular weight is 251 g/mol.